The molecule has 10 nitrogen and oxygen atoms in total. The summed E-state index contributed by atoms with van der Waals surface area (Å²) < 4.78 is 59.6. The van der Waals surface area contributed by atoms with Gasteiger partial charge in [-0.2, -0.15) is 4.31 Å². The van der Waals surface area contributed by atoms with Gasteiger partial charge < -0.3 is 20.6 Å². The predicted octanol–water partition coefficient (Wildman–Crippen LogP) is 2.64. The Morgan fingerprint density at radius 3 is 2.21 bits per heavy atom. The van der Waals surface area contributed by atoms with Gasteiger partial charge in [0.15, 0.2) is 0 Å². The van der Waals surface area contributed by atoms with Crippen molar-refractivity contribution in [3.05, 3.63) is 47.1 Å². The molecule has 0 spiro atoms. The Bertz CT molecular complexity index is 1440. The Morgan fingerprint density at radius 1 is 0.977 bits per heavy atom. The molecule has 1 saturated carbocycles. The summed E-state index contributed by atoms with van der Waals surface area (Å²) in [5, 5.41) is 9.55. The van der Waals surface area contributed by atoms with E-state index in [2.05, 4.69) is 9.88 Å². The number of aromatic nitrogens is 1. The summed E-state index contributed by atoms with van der Waals surface area (Å²) in [6.45, 7) is 2.46. The number of hydrogen-bond acceptors (Lipinski definition) is 8. The Labute approximate surface area is 255 Å². The molecule has 234 valence electrons. The summed E-state index contributed by atoms with van der Waals surface area (Å²) in [4.78, 5) is 22.1. The van der Waals surface area contributed by atoms with Crippen molar-refractivity contribution in [2.45, 2.75) is 61.1 Å². The fourth-order valence-corrected chi connectivity index (χ4v) is 8.38. The fourth-order valence-electron chi connectivity index (χ4n) is 6.75. The number of sulfonamides is 1. The zero-order valence-electron chi connectivity index (χ0n) is 23.8. The van der Waals surface area contributed by atoms with E-state index in [1.807, 2.05) is 0 Å². The van der Waals surface area contributed by atoms with Gasteiger partial charge in [-0.3, -0.25) is 9.69 Å². The van der Waals surface area contributed by atoms with Crippen LogP contribution in [0.5, 0.6) is 0 Å². The number of pyridine rings is 1. The van der Waals surface area contributed by atoms with E-state index in [4.69, 9.17) is 17.3 Å². The van der Waals surface area contributed by atoms with Crippen LogP contribution in [0.1, 0.15) is 37.7 Å². The minimum atomic E-state index is -3.80. The van der Waals surface area contributed by atoms with Crippen LogP contribution in [-0.2, 0) is 20.7 Å². The lowest BCUT2D eigenvalue weighted by Crippen LogP contribution is -2.56. The Morgan fingerprint density at radius 2 is 1.63 bits per heavy atom. The molecular formula is C29H37ClF2N6O4S. The average Bonchev–Trinajstić information content (AvgIpc) is 3.32. The summed E-state index contributed by atoms with van der Waals surface area (Å²) in [5.41, 5.74) is 6.31. The van der Waals surface area contributed by atoms with E-state index >= 15 is 8.78 Å². The third kappa shape index (κ3) is 6.12. The first-order chi connectivity index (χ1) is 20.4. The van der Waals surface area contributed by atoms with E-state index < -0.39 is 21.9 Å². The Balaban J connectivity index is 1.09. The van der Waals surface area contributed by atoms with Crippen LogP contribution in [0.3, 0.4) is 0 Å². The first-order valence-corrected chi connectivity index (χ1v) is 16.6. The third-order valence-electron chi connectivity index (χ3n) is 9.29. The van der Waals surface area contributed by atoms with Crippen LogP contribution in [-0.4, -0.2) is 97.6 Å². The second-order valence-electron chi connectivity index (χ2n) is 12.1. The third-order valence-corrected chi connectivity index (χ3v) is 11.4. The number of aliphatic hydroxyl groups is 1. The number of rotatable bonds is 7. The summed E-state index contributed by atoms with van der Waals surface area (Å²) in [5.74, 6) is -3.68. The predicted molar refractivity (Wildman–Crippen MR) is 159 cm³/mol. The molecule has 0 bridgehead atoms. The molecule has 2 aromatic rings. The number of carbonyl (C=O) groups is 1. The second-order valence-corrected chi connectivity index (χ2v) is 14.5. The van der Waals surface area contributed by atoms with Crippen molar-refractivity contribution >= 4 is 39.0 Å². The quantitative estimate of drug-likeness (QED) is 0.444. The molecule has 4 aliphatic rings. The van der Waals surface area contributed by atoms with E-state index in [0.717, 1.165) is 0 Å². The number of alkyl halides is 2. The van der Waals surface area contributed by atoms with Gasteiger partial charge in [-0.1, -0.05) is 11.6 Å². The second kappa shape index (κ2) is 11.8. The maximum atomic E-state index is 15.8. The number of benzene rings is 1. The van der Waals surface area contributed by atoms with Crippen LogP contribution >= 0.6 is 11.6 Å². The van der Waals surface area contributed by atoms with Gasteiger partial charge in [0.05, 0.1) is 11.0 Å². The van der Waals surface area contributed by atoms with Gasteiger partial charge in [0.1, 0.15) is 11.0 Å². The number of aliphatic hydroxyl groups excluding tert-OH is 1. The van der Waals surface area contributed by atoms with E-state index in [0.29, 0.717) is 56.8 Å². The summed E-state index contributed by atoms with van der Waals surface area (Å²) >= 11 is 6.24. The van der Waals surface area contributed by atoms with Gasteiger partial charge in [-0.15, -0.1) is 0 Å². The Kier molecular flexibility index (Phi) is 8.42. The lowest BCUT2D eigenvalue weighted by Gasteiger charge is -2.45. The molecule has 3 N–H and O–H groups in total. The molecule has 1 aliphatic carbocycles. The lowest BCUT2D eigenvalue weighted by atomic mass is 9.79. The number of β-amino-alcohol motifs (C(OH)–C–C–N with tert-alkyl or cyclic N) is 1. The van der Waals surface area contributed by atoms with E-state index in [-0.39, 0.29) is 72.3 Å². The van der Waals surface area contributed by atoms with Crippen molar-refractivity contribution in [1.82, 2.24) is 14.2 Å². The smallest absolute Gasteiger partial charge is 0.276 e. The molecule has 1 atom stereocenters. The molecule has 14 heteroatoms. The molecule has 43 heavy (non-hydrogen) atoms. The number of halogens is 3. The highest BCUT2D eigenvalue weighted by Gasteiger charge is 2.45. The van der Waals surface area contributed by atoms with E-state index in [1.54, 1.807) is 21.9 Å². The van der Waals surface area contributed by atoms with Gasteiger partial charge in [-0.05, 0) is 62.1 Å². The molecule has 0 unspecified atom stereocenters. The Hall–Kier alpha value is -2.42. The van der Waals surface area contributed by atoms with Crippen molar-refractivity contribution in [3.63, 3.8) is 0 Å². The fraction of sp³-hybridized carbons (Fsp3) is 0.586. The zero-order chi connectivity index (χ0) is 30.5. The van der Waals surface area contributed by atoms with Gasteiger partial charge in [0, 0.05) is 81.5 Å². The normalized spacial score (nSPS) is 26.6. The van der Waals surface area contributed by atoms with Gasteiger partial charge in [0.2, 0.25) is 15.9 Å². The van der Waals surface area contributed by atoms with Gasteiger partial charge in [-0.25, -0.2) is 22.2 Å². The molecule has 6 rings (SSSR count). The number of nitrogens with zero attached hydrogens (tertiary/aromatic N) is 5. The van der Waals surface area contributed by atoms with Gasteiger partial charge >= 0.3 is 0 Å². The highest BCUT2D eigenvalue weighted by atomic mass is 35.5. The van der Waals surface area contributed by atoms with Crippen molar-refractivity contribution in [3.8, 4) is 0 Å². The topological polar surface area (TPSA) is 123 Å². The van der Waals surface area contributed by atoms with Gasteiger partial charge in [0.25, 0.3) is 5.92 Å². The zero-order valence-corrected chi connectivity index (χ0v) is 25.4. The van der Waals surface area contributed by atoms with Crippen molar-refractivity contribution in [2.75, 3.05) is 55.6 Å². The maximum absolute atomic E-state index is 15.8. The SMILES string of the molecule is N[C@@H]1CC(=O)N(c2ccc(S(=O)(=O)N3CCN(c4cc(C(F)(F)[C@H]5CC[C@@H](N6CC(O)C6)CC5)cc(Cl)n4)CC3)cc2)C1. The monoisotopic (exact) mass is 638 g/mol. The molecular weight excluding hydrogens is 602 g/mol. The minimum Gasteiger partial charge on any atom is -0.390 e. The van der Waals surface area contributed by atoms with Crippen molar-refractivity contribution in [2.24, 2.45) is 11.7 Å². The van der Waals surface area contributed by atoms with E-state index in [9.17, 15) is 18.3 Å². The minimum absolute atomic E-state index is 0.0250. The number of amides is 1. The first kappa shape index (κ1) is 30.6. The van der Waals surface area contributed by atoms with Crippen LogP contribution in [0.15, 0.2) is 41.3 Å². The van der Waals surface area contributed by atoms with Crippen LogP contribution in [0.4, 0.5) is 20.3 Å². The molecule has 0 radical (unpaired) electrons. The number of carbonyl (C=O) groups excluding carboxylic acids is 1. The standard InChI is InChI=1S/C29H37ClF2N6O4S/c30-26-13-20(29(31,32)19-1-3-22(4-2-19)36-17-24(39)18-36)14-27(34-26)35-9-11-37(12-10-35)43(41,42)25-7-5-23(6-8-25)38-16-21(33)15-28(38)40/h5-8,13-14,19,21-22,24,39H,1-4,9-12,15-18,33H2/t19-,21-,22+/m1/s1. The van der Waals surface area contributed by atoms with Crippen LogP contribution < -0.4 is 15.5 Å². The summed E-state index contributed by atoms with van der Waals surface area (Å²) in [6, 6.07) is 8.82. The molecule has 4 fully saturated rings. The lowest BCUT2D eigenvalue weighted by molar-refractivity contribution is -0.117. The molecule has 1 amide bonds. The molecule has 3 aliphatic heterocycles. The van der Waals surface area contributed by atoms with Crippen molar-refractivity contribution in [1.29, 1.82) is 0 Å². The van der Waals surface area contributed by atoms with E-state index in [1.165, 1.54) is 28.6 Å². The number of piperazine rings is 1. The molecule has 1 aromatic carbocycles. The number of nitrogens with two attached hydrogens (primary N) is 1. The summed E-state index contributed by atoms with van der Waals surface area (Å²) in [6.07, 6.45) is 2.07. The summed E-state index contributed by atoms with van der Waals surface area (Å²) in [7, 11) is -3.80. The molecule has 4 heterocycles. The highest BCUT2D eigenvalue weighted by molar-refractivity contribution is 7.89. The van der Waals surface area contributed by atoms with Crippen LogP contribution in [0, 0.1) is 5.92 Å². The largest absolute Gasteiger partial charge is 0.390 e. The van der Waals surface area contributed by atoms with Crippen LogP contribution in [0.2, 0.25) is 5.15 Å². The number of hydrogen-bond donors (Lipinski definition) is 2. The highest BCUT2D eigenvalue weighted by Crippen LogP contribution is 2.46. The van der Waals surface area contributed by atoms with Crippen molar-refractivity contribution < 1.29 is 27.1 Å². The molecule has 1 aromatic heterocycles. The number of anilines is 2. The average molecular weight is 639 g/mol. The van der Waals surface area contributed by atoms with Crippen LogP contribution in [0.25, 0.3) is 0 Å². The maximum Gasteiger partial charge on any atom is 0.276 e. The molecule has 3 saturated heterocycles. The number of likely N-dealkylation sites (tertiary alicyclic amines) is 1. The first-order valence-electron chi connectivity index (χ1n) is 14.8.